The van der Waals surface area contributed by atoms with Crippen LogP contribution in [-0.4, -0.2) is 22.0 Å². The second-order valence-electron chi connectivity index (χ2n) is 8.55. The van der Waals surface area contributed by atoms with Crippen molar-refractivity contribution in [3.05, 3.63) is 115 Å². The first-order valence-electron chi connectivity index (χ1n) is 12.2. The molecule has 1 heterocycles. The van der Waals surface area contributed by atoms with Crippen LogP contribution in [0, 0.1) is 0 Å². The summed E-state index contributed by atoms with van der Waals surface area (Å²) in [5.41, 5.74) is 15.0. The van der Waals surface area contributed by atoms with Crippen LogP contribution in [0.2, 0.25) is 0 Å². The minimum Gasteiger partial charge on any atom is -0.490 e. The fourth-order valence-corrected chi connectivity index (χ4v) is 4.52. The van der Waals surface area contributed by atoms with Crippen LogP contribution in [0.5, 0.6) is 5.75 Å². The summed E-state index contributed by atoms with van der Waals surface area (Å²) in [5, 5.41) is 3.36. The minimum absolute atomic E-state index is 0. The first kappa shape index (κ1) is 27.8. The molecule has 0 bridgehead atoms. The third kappa shape index (κ3) is 5.93. The molecule has 0 spiro atoms. The van der Waals surface area contributed by atoms with E-state index in [-0.39, 0.29) is 63.8 Å². The van der Waals surface area contributed by atoms with E-state index in [4.69, 9.17) is 21.3 Å². The van der Waals surface area contributed by atoms with Crippen LogP contribution in [0.1, 0.15) is 6.92 Å². The van der Waals surface area contributed by atoms with Crippen LogP contribution in [0.4, 0.5) is 0 Å². The van der Waals surface area contributed by atoms with E-state index in [9.17, 15) is 0 Å². The average Bonchev–Trinajstić information content (AvgIpc) is 3.36. The average molecular weight is 526 g/mol. The molecule has 1 aromatic heterocycles. The van der Waals surface area contributed by atoms with Gasteiger partial charge in [-0.25, -0.2) is 4.98 Å². The van der Waals surface area contributed by atoms with Gasteiger partial charge in [0.2, 0.25) is 0 Å². The molecule has 0 fully saturated rings. The maximum absolute atomic E-state index is 7.63. The molecule has 0 radical (unpaired) electrons. The van der Waals surface area contributed by atoms with Gasteiger partial charge in [0.05, 0.1) is 11.4 Å². The molecule has 5 rings (SSSR count). The fourth-order valence-electron chi connectivity index (χ4n) is 4.52. The summed E-state index contributed by atoms with van der Waals surface area (Å²) in [6.45, 7) is 2.94. The van der Waals surface area contributed by atoms with Gasteiger partial charge in [0.15, 0.2) is 0 Å². The van der Waals surface area contributed by atoms with Gasteiger partial charge in [0.1, 0.15) is 18.2 Å². The number of imidazole rings is 1. The molecular formula is C31H28KN5O. The standard InChI is InChI=1S/C31H28N5O.K/c1-2-36-30(23-14-7-4-8-15-23)29(22-12-5-3-6-13-22)34-31(36)27-19-10-9-18-26(27)24-16-11-17-25(20-24)37-21-28(32)35-33;/h3-20H,2,21,33H2,1H3,(H-,32,35);/q-1;+1. The van der Waals surface area contributed by atoms with Gasteiger partial charge >= 0.3 is 51.4 Å². The zero-order valence-corrected chi connectivity index (χ0v) is 24.8. The van der Waals surface area contributed by atoms with Crippen molar-refractivity contribution in [2.75, 3.05) is 6.61 Å². The van der Waals surface area contributed by atoms with Gasteiger partial charge in [-0.1, -0.05) is 97.1 Å². The summed E-state index contributed by atoms with van der Waals surface area (Å²) in [7, 11) is 0. The summed E-state index contributed by atoms with van der Waals surface area (Å²) in [6, 6.07) is 36.9. The van der Waals surface area contributed by atoms with Crippen LogP contribution in [0.25, 0.3) is 50.8 Å². The summed E-state index contributed by atoms with van der Waals surface area (Å²) in [5.74, 6) is 6.72. The third-order valence-corrected chi connectivity index (χ3v) is 6.22. The Morgan fingerprint density at radius 3 is 2.08 bits per heavy atom. The van der Waals surface area contributed by atoms with Gasteiger partial charge in [-0.15, -0.1) is 0 Å². The predicted molar refractivity (Wildman–Crippen MR) is 151 cm³/mol. The number of hydrazone groups is 1. The smallest absolute Gasteiger partial charge is 0.490 e. The molecule has 0 unspecified atom stereocenters. The predicted octanol–water partition coefficient (Wildman–Crippen LogP) is 4.28. The zero-order chi connectivity index (χ0) is 25.6. The number of hydrogen-bond acceptors (Lipinski definition) is 4. The van der Waals surface area contributed by atoms with Crippen molar-refractivity contribution < 1.29 is 56.1 Å². The summed E-state index contributed by atoms with van der Waals surface area (Å²) in [6.07, 6.45) is 0. The number of hydrogen-bond donors (Lipinski definition) is 1. The fraction of sp³-hybridized carbons (Fsp3) is 0.0968. The third-order valence-electron chi connectivity index (χ3n) is 6.22. The Balaban J connectivity index is 0.00000336. The van der Waals surface area contributed by atoms with Crippen molar-refractivity contribution in [1.29, 1.82) is 0 Å². The molecule has 5 aromatic rings. The van der Waals surface area contributed by atoms with Gasteiger partial charge in [-0.2, -0.15) is 0 Å². The molecule has 184 valence electrons. The van der Waals surface area contributed by atoms with Crippen LogP contribution in [0.15, 0.2) is 114 Å². The molecule has 0 aliphatic carbocycles. The Morgan fingerprint density at radius 1 is 0.816 bits per heavy atom. The first-order chi connectivity index (χ1) is 18.2. The van der Waals surface area contributed by atoms with E-state index in [1.165, 1.54) is 0 Å². The maximum atomic E-state index is 7.63. The molecule has 7 heteroatoms. The number of benzene rings is 4. The molecule has 3 N–H and O–H groups in total. The van der Waals surface area contributed by atoms with E-state index in [0.29, 0.717) is 5.75 Å². The van der Waals surface area contributed by atoms with Crippen LogP contribution in [-0.2, 0) is 6.54 Å². The molecule has 4 aromatic carbocycles. The van der Waals surface area contributed by atoms with Crippen LogP contribution < -0.4 is 62.0 Å². The van der Waals surface area contributed by atoms with E-state index in [1.807, 2.05) is 54.6 Å². The topological polar surface area (TPSA) is 89.2 Å². The molecule has 0 atom stereocenters. The number of rotatable bonds is 8. The molecule has 0 aliphatic heterocycles. The number of nitrogens with two attached hydrogens (primary N) is 1. The quantitative estimate of drug-likeness (QED) is 0.108. The van der Waals surface area contributed by atoms with Gasteiger partial charge in [-0.3, -0.25) is 0 Å². The van der Waals surface area contributed by atoms with Crippen LogP contribution >= 0.6 is 0 Å². The molecule has 6 nitrogen and oxygen atoms in total. The number of aromatic nitrogens is 2. The number of nitrogens with one attached hydrogen (secondary N) is 1. The molecule has 0 amide bonds. The zero-order valence-electron chi connectivity index (χ0n) is 21.6. The van der Waals surface area contributed by atoms with Crippen LogP contribution in [0.3, 0.4) is 0 Å². The number of nitrogens with zero attached hydrogens (tertiary/aromatic N) is 3. The normalized spacial score (nSPS) is 11.1. The van der Waals surface area contributed by atoms with Gasteiger partial charge < -0.3 is 26.0 Å². The second kappa shape index (κ2) is 13.0. The maximum Gasteiger partial charge on any atom is 1.00 e. The van der Waals surface area contributed by atoms with E-state index >= 15 is 0 Å². The van der Waals surface area contributed by atoms with Gasteiger partial charge in [0.25, 0.3) is 0 Å². The second-order valence-corrected chi connectivity index (χ2v) is 8.55. The summed E-state index contributed by atoms with van der Waals surface area (Å²) < 4.78 is 8.02. The van der Waals surface area contributed by atoms with Gasteiger partial charge in [0, 0.05) is 23.2 Å². The van der Waals surface area contributed by atoms with E-state index in [1.54, 1.807) is 0 Å². The Morgan fingerprint density at radius 2 is 1.42 bits per heavy atom. The van der Waals surface area contributed by atoms with E-state index in [2.05, 4.69) is 71.2 Å². The molecular weight excluding hydrogens is 497 g/mol. The van der Waals surface area contributed by atoms with Crippen molar-refractivity contribution in [2.45, 2.75) is 13.5 Å². The van der Waals surface area contributed by atoms with E-state index in [0.717, 1.165) is 51.6 Å². The Kier molecular flexibility index (Phi) is 9.55. The monoisotopic (exact) mass is 525 g/mol. The number of amidine groups is 1. The molecule has 0 saturated heterocycles. The summed E-state index contributed by atoms with van der Waals surface area (Å²) >= 11 is 0. The van der Waals surface area contributed by atoms with E-state index < -0.39 is 0 Å². The molecule has 38 heavy (non-hydrogen) atoms. The molecule has 0 aliphatic rings. The van der Waals surface area contributed by atoms with Crippen molar-refractivity contribution in [1.82, 2.24) is 9.55 Å². The Labute approximate surface area is 265 Å². The number of ether oxygens (including phenoxy) is 1. The first-order valence-corrected chi connectivity index (χ1v) is 12.2. The summed E-state index contributed by atoms with van der Waals surface area (Å²) in [4.78, 5) is 5.25. The Hall–Kier alpha value is -3.20. The van der Waals surface area contributed by atoms with Crippen molar-refractivity contribution >= 4 is 5.84 Å². The van der Waals surface area contributed by atoms with Crippen molar-refractivity contribution in [3.63, 3.8) is 0 Å². The van der Waals surface area contributed by atoms with Crippen molar-refractivity contribution in [2.24, 2.45) is 10.9 Å². The minimum atomic E-state index is -0.0161. The largest absolute Gasteiger partial charge is 1.00 e. The SMILES string of the molecule is CCn1c(-c2ccccc2-c2cccc(OC/C([NH-])=N/N)c2)nc(-c2ccccc2)c1-c1ccccc1.[K+]. The van der Waals surface area contributed by atoms with Gasteiger partial charge in [-0.05, 0) is 36.0 Å². The Bertz CT molecular complexity index is 1530. The molecule has 0 saturated carbocycles. The van der Waals surface area contributed by atoms with Crippen molar-refractivity contribution in [3.8, 4) is 50.8 Å².